The number of hydrogen-bond donors (Lipinski definition) is 4. The van der Waals surface area contributed by atoms with E-state index >= 15 is 0 Å². The highest BCUT2D eigenvalue weighted by Gasteiger charge is 2.26. The number of rotatable bonds is 6. The first-order chi connectivity index (χ1) is 11.7. The van der Waals surface area contributed by atoms with Crippen LogP contribution < -0.4 is 16.0 Å². The van der Waals surface area contributed by atoms with Crippen LogP contribution in [0.2, 0.25) is 0 Å². The molecule has 0 spiro atoms. The molecule has 5 N–H and O–H groups in total. The number of anilines is 1. The summed E-state index contributed by atoms with van der Waals surface area (Å²) in [5.74, 6) is -2.94. The lowest BCUT2D eigenvalue weighted by atomic mass is 9.95. The topological polar surface area (TPSA) is 143 Å². The van der Waals surface area contributed by atoms with Gasteiger partial charge in [0.1, 0.15) is 29.3 Å². The van der Waals surface area contributed by atoms with Crippen molar-refractivity contribution in [2.24, 2.45) is 0 Å². The number of nitrogens with one attached hydrogen (secondary N) is 1. The van der Waals surface area contributed by atoms with Crippen molar-refractivity contribution in [1.82, 2.24) is 4.98 Å². The maximum atomic E-state index is 12.0. The van der Waals surface area contributed by atoms with E-state index in [-0.39, 0.29) is 11.1 Å². The fraction of sp³-hybridized carbons (Fsp3) is 0.118. The zero-order valence-corrected chi connectivity index (χ0v) is 13.3. The molecule has 2 aromatic rings. The van der Waals surface area contributed by atoms with Gasteiger partial charge in [-0.25, -0.2) is 9.59 Å². The predicted octanol–water partition coefficient (Wildman–Crippen LogP) is 1.98. The molecule has 0 atom stereocenters. The van der Waals surface area contributed by atoms with Gasteiger partial charge in [0.05, 0.1) is 0 Å². The monoisotopic (exact) mass is 344 g/mol. The smallest absolute Gasteiger partial charge is 0.342 e. The fourth-order valence-electron chi connectivity index (χ4n) is 2.26. The number of carboxylic acid groups (broad SMARTS) is 2. The molecule has 130 valence electrons. The Labute approximate surface area is 142 Å². The summed E-state index contributed by atoms with van der Waals surface area (Å²) in [5.41, 5.74) is 4.20. The predicted molar refractivity (Wildman–Crippen MR) is 91.1 cm³/mol. The summed E-state index contributed by atoms with van der Waals surface area (Å²) in [5, 5.41) is 18.7. The third kappa shape index (κ3) is 3.69. The van der Waals surface area contributed by atoms with E-state index in [4.69, 9.17) is 10.5 Å². The van der Waals surface area contributed by atoms with Crippen LogP contribution in [-0.4, -0.2) is 33.7 Å². The third-order valence-corrected chi connectivity index (χ3v) is 3.30. The quantitative estimate of drug-likeness (QED) is 0.587. The molecule has 2 rings (SSSR count). The van der Waals surface area contributed by atoms with E-state index in [9.17, 15) is 24.6 Å². The number of benzene rings is 1. The Morgan fingerprint density at radius 1 is 1.16 bits per heavy atom. The minimum atomic E-state index is -1.55. The van der Waals surface area contributed by atoms with E-state index in [1.807, 2.05) is 0 Å². The van der Waals surface area contributed by atoms with Crippen molar-refractivity contribution >= 4 is 17.8 Å². The number of carbonyl (C=O) groups is 2. The summed E-state index contributed by atoms with van der Waals surface area (Å²) in [4.78, 5) is 37.0. The molecular formula is C17H16N2O6. The van der Waals surface area contributed by atoms with Gasteiger partial charge >= 0.3 is 11.9 Å². The summed E-state index contributed by atoms with van der Waals surface area (Å²) in [6.45, 7) is 5.81. The lowest BCUT2D eigenvalue weighted by Gasteiger charge is -2.13. The maximum absolute atomic E-state index is 12.0. The lowest BCUT2D eigenvalue weighted by molar-refractivity contribution is 0.0695. The van der Waals surface area contributed by atoms with Gasteiger partial charge in [-0.15, -0.1) is 0 Å². The second kappa shape index (κ2) is 6.91. The first-order valence-corrected chi connectivity index (χ1v) is 7.12. The van der Waals surface area contributed by atoms with Crippen molar-refractivity contribution < 1.29 is 24.5 Å². The Bertz CT molecular complexity index is 912. The van der Waals surface area contributed by atoms with Crippen molar-refractivity contribution in [2.45, 2.75) is 6.92 Å². The molecule has 0 fully saturated rings. The number of H-pyrrole nitrogens is 1. The molecule has 8 heteroatoms. The number of nitrogen functional groups attached to an aromatic ring is 1. The molecule has 0 bridgehead atoms. The highest BCUT2D eigenvalue weighted by molar-refractivity contribution is 6.07. The highest BCUT2D eigenvalue weighted by atomic mass is 16.5. The Morgan fingerprint density at radius 2 is 1.72 bits per heavy atom. The first kappa shape index (κ1) is 17.8. The summed E-state index contributed by atoms with van der Waals surface area (Å²) in [7, 11) is 0. The van der Waals surface area contributed by atoms with Crippen molar-refractivity contribution in [3.8, 4) is 16.9 Å². The van der Waals surface area contributed by atoms with E-state index in [2.05, 4.69) is 11.6 Å². The molecule has 8 nitrogen and oxygen atoms in total. The number of ether oxygens (including phenoxy) is 1. The zero-order chi connectivity index (χ0) is 18.7. The number of aromatic carboxylic acids is 2. The highest BCUT2D eigenvalue weighted by Crippen LogP contribution is 2.30. The molecule has 0 aliphatic carbocycles. The third-order valence-electron chi connectivity index (χ3n) is 3.30. The Kier molecular flexibility index (Phi) is 4.92. The van der Waals surface area contributed by atoms with E-state index in [1.54, 1.807) is 6.92 Å². The second-order valence-electron chi connectivity index (χ2n) is 5.37. The van der Waals surface area contributed by atoms with Gasteiger partial charge in [0.15, 0.2) is 0 Å². The minimum absolute atomic E-state index is 0.218. The number of aromatic amines is 1. The minimum Gasteiger partial charge on any atom is -0.489 e. The van der Waals surface area contributed by atoms with Gasteiger partial charge in [-0.05, 0) is 30.2 Å². The molecular weight excluding hydrogens is 328 g/mol. The van der Waals surface area contributed by atoms with Crippen LogP contribution in [0.4, 0.5) is 5.82 Å². The van der Waals surface area contributed by atoms with Crippen LogP contribution in [0.1, 0.15) is 27.6 Å². The van der Waals surface area contributed by atoms with Crippen molar-refractivity contribution in [3.63, 3.8) is 0 Å². The van der Waals surface area contributed by atoms with E-state index in [0.717, 1.165) is 5.57 Å². The summed E-state index contributed by atoms with van der Waals surface area (Å²) in [6, 6.07) is 5.99. The Balaban J connectivity index is 2.64. The van der Waals surface area contributed by atoms with Crippen molar-refractivity contribution in [2.75, 3.05) is 12.3 Å². The largest absolute Gasteiger partial charge is 0.489 e. The fourth-order valence-corrected chi connectivity index (χ4v) is 2.26. The van der Waals surface area contributed by atoms with Crippen LogP contribution in [0.15, 0.2) is 41.2 Å². The Morgan fingerprint density at radius 3 is 2.20 bits per heavy atom. The molecule has 1 heterocycles. The van der Waals surface area contributed by atoms with Gasteiger partial charge in [-0.3, -0.25) is 4.79 Å². The summed E-state index contributed by atoms with van der Waals surface area (Å²) >= 11 is 0. The van der Waals surface area contributed by atoms with Gasteiger partial charge in [-0.1, -0.05) is 18.7 Å². The van der Waals surface area contributed by atoms with Gasteiger partial charge in [0.2, 0.25) is 0 Å². The second-order valence-corrected chi connectivity index (χ2v) is 5.37. The zero-order valence-electron chi connectivity index (χ0n) is 13.3. The van der Waals surface area contributed by atoms with E-state index in [0.29, 0.717) is 12.4 Å². The van der Waals surface area contributed by atoms with Crippen LogP contribution in [0.5, 0.6) is 5.75 Å². The lowest BCUT2D eigenvalue weighted by Crippen LogP contribution is -2.24. The summed E-state index contributed by atoms with van der Waals surface area (Å²) in [6.07, 6.45) is 0. The standard InChI is InChI=1S/C17H16N2O6/c1-8(2)7-25-10-5-3-9(4-6-10)11-12(16(21)22)14(18)19-15(20)13(11)17(23)24/h3-6H,1,7H2,2H3,(H,21,22)(H,23,24)(H3,18,19,20). The van der Waals surface area contributed by atoms with Crippen molar-refractivity contribution in [1.29, 1.82) is 0 Å². The normalized spacial score (nSPS) is 10.3. The molecule has 0 saturated heterocycles. The molecule has 0 unspecified atom stereocenters. The van der Waals surface area contributed by atoms with Gasteiger partial charge < -0.3 is 25.7 Å². The summed E-state index contributed by atoms with van der Waals surface area (Å²) < 4.78 is 5.44. The Hall–Kier alpha value is -3.55. The van der Waals surface area contributed by atoms with E-state index in [1.165, 1.54) is 24.3 Å². The van der Waals surface area contributed by atoms with E-state index < -0.39 is 34.4 Å². The average Bonchev–Trinajstić information content (AvgIpc) is 2.51. The van der Waals surface area contributed by atoms with Crippen LogP contribution in [0.25, 0.3) is 11.1 Å². The number of hydrogen-bond acceptors (Lipinski definition) is 5. The number of pyridine rings is 1. The molecule has 0 radical (unpaired) electrons. The van der Waals surface area contributed by atoms with Gasteiger partial charge in [-0.2, -0.15) is 0 Å². The molecule has 1 aromatic carbocycles. The average molecular weight is 344 g/mol. The van der Waals surface area contributed by atoms with Gasteiger partial charge in [0.25, 0.3) is 5.56 Å². The maximum Gasteiger partial charge on any atom is 0.342 e. The van der Waals surface area contributed by atoms with Gasteiger partial charge in [0, 0.05) is 5.56 Å². The van der Waals surface area contributed by atoms with Crippen molar-refractivity contribution in [3.05, 3.63) is 57.9 Å². The van der Waals surface area contributed by atoms with Crippen LogP contribution in [-0.2, 0) is 0 Å². The molecule has 1 aromatic heterocycles. The molecule has 0 saturated carbocycles. The van der Waals surface area contributed by atoms with Crippen LogP contribution in [0, 0.1) is 0 Å². The molecule has 0 aliphatic rings. The van der Waals surface area contributed by atoms with Crippen LogP contribution >= 0.6 is 0 Å². The molecule has 0 aliphatic heterocycles. The molecule has 25 heavy (non-hydrogen) atoms. The SMILES string of the molecule is C=C(C)COc1ccc(-c2c(C(=O)O)c(N)[nH]c(=O)c2C(=O)O)cc1. The number of nitrogens with two attached hydrogens (primary N) is 1. The number of carboxylic acids is 2. The first-order valence-electron chi connectivity index (χ1n) is 7.12. The molecule has 0 amide bonds. The number of aromatic nitrogens is 1. The van der Waals surface area contributed by atoms with Crippen LogP contribution in [0.3, 0.4) is 0 Å².